The standard InChI is InChI=1S/C28H34FN7O2/c1-5-28(3,4)36-26(31-32-33-36)25(35-15-13-34(14-16-35)21-9-7-20(29)8-10-21)23-18-19-17-22(38-6-2)11-12-24(19)30-27(23)37/h7-12,17-18,25H,5-6,13-16H2,1-4H3,(H,30,37). The number of rotatable bonds is 8. The molecule has 5 rings (SSSR count). The second-order valence-electron chi connectivity index (χ2n) is 10.3. The van der Waals surface area contributed by atoms with Gasteiger partial charge in [0.2, 0.25) is 0 Å². The third-order valence-electron chi connectivity index (χ3n) is 7.50. The summed E-state index contributed by atoms with van der Waals surface area (Å²) in [5.74, 6) is 1.14. The molecule has 3 heterocycles. The van der Waals surface area contributed by atoms with Gasteiger partial charge in [0.1, 0.15) is 17.6 Å². The Morgan fingerprint density at radius 3 is 2.47 bits per heavy atom. The van der Waals surface area contributed by atoms with Crippen molar-refractivity contribution in [1.82, 2.24) is 30.1 Å². The van der Waals surface area contributed by atoms with E-state index in [4.69, 9.17) is 4.74 Å². The number of pyridine rings is 1. The highest BCUT2D eigenvalue weighted by Crippen LogP contribution is 2.32. The van der Waals surface area contributed by atoms with E-state index in [9.17, 15) is 9.18 Å². The zero-order chi connectivity index (χ0) is 26.9. The van der Waals surface area contributed by atoms with E-state index in [0.717, 1.165) is 41.9 Å². The van der Waals surface area contributed by atoms with Crippen molar-refractivity contribution in [3.8, 4) is 5.75 Å². The molecule has 1 N–H and O–H groups in total. The van der Waals surface area contributed by atoms with Crippen LogP contribution in [0.4, 0.5) is 10.1 Å². The number of nitrogens with one attached hydrogen (secondary N) is 1. The van der Waals surface area contributed by atoms with Crippen LogP contribution in [0.2, 0.25) is 0 Å². The van der Waals surface area contributed by atoms with Gasteiger partial charge in [-0.25, -0.2) is 9.07 Å². The largest absolute Gasteiger partial charge is 0.494 e. The quantitative estimate of drug-likeness (QED) is 0.375. The first-order valence-electron chi connectivity index (χ1n) is 13.1. The Morgan fingerprint density at radius 2 is 1.79 bits per heavy atom. The van der Waals surface area contributed by atoms with Crippen LogP contribution < -0.4 is 15.2 Å². The van der Waals surface area contributed by atoms with E-state index < -0.39 is 6.04 Å². The smallest absolute Gasteiger partial charge is 0.253 e. The molecule has 0 radical (unpaired) electrons. The first-order chi connectivity index (χ1) is 18.3. The van der Waals surface area contributed by atoms with Gasteiger partial charge >= 0.3 is 0 Å². The molecule has 200 valence electrons. The van der Waals surface area contributed by atoms with E-state index in [1.165, 1.54) is 12.1 Å². The average molecular weight is 520 g/mol. The van der Waals surface area contributed by atoms with Gasteiger partial charge in [-0.1, -0.05) is 6.92 Å². The summed E-state index contributed by atoms with van der Waals surface area (Å²) in [4.78, 5) is 21.1. The van der Waals surface area contributed by atoms with Crippen LogP contribution in [0.3, 0.4) is 0 Å². The first-order valence-corrected chi connectivity index (χ1v) is 13.1. The van der Waals surface area contributed by atoms with Crippen molar-refractivity contribution in [2.75, 3.05) is 37.7 Å². The zero-order valence-electron chi connectivity index (χ0n) is 22.3. The van der Waals surface area contributed by atoms with Crippen LogP contribution >= 0.6 is 0 Å². The lowest BCUT2D eigenvalue weighted by Crippen LogP contribution is -2.49. The van der Waals surface area contributed by atoms with Crippen LogP contribution in [-0.2, 0) is 5.54 Å². The van der Waals surface area contributed by atoms with Crippen molar-refractivity contribution in [2.24, 2.45) is 0 Å². The number of hydrogen-bond acceptors (Lipinski definition) is 7. The van der Waals surface area contributed by atoms with E-state index >= 15 is 0 Å². The van der Waals surface area contributed by atoms with Crippen molar-refractivity contribution in [2.45, 2.75) is 45.7 Å². The maximum atomic E-state index is 13.5. The molecule has 2 aromatic heterocycles. The van der Waals surface area contributed by atoms with Crippen LogP contribution in [-0.4, -0.2) is 62.9 Å². The highest BCUT2D eigenvalue weighted by atomic mass is 19.1. The van der Waals surface area contributed by atoms with Crippen LogP contribution in [0.1, 0.15) is 51.5 Å². The number of nitrogens with zero attached hydrogens (tertiary/aromatic N) is 6. The minimum atomic E-state index is -0.449. The second-order valence-corrected chi connectivity index (χ2v) is 10.3. The maximum Gasteiger partial charge on any atom is 0.253 e. The number of anilines is 1. The number of piperazine rings is 1. The number of halogens is 1. The van der Waals surface area contributed by atoms with Gasteiger partial charge in [-0.3, -0.25) is 9.69 Å². The van der Waals surface area contributed by atoms with E-state index in [1.807, 2.05) is 35.9 Å². The summed E-state index contributed by atoms with van der Waals surface area (Å²) in [6.45, 7) is 11.6. The number of aromatic amines is 1. The van der Waals surface area contributed by atoms with Crippen LogP contribution in [0.5, 0.6) is 5.75 Å². The second kappa shape index (κ2) is 10.5. The highest BCUT2D eigenvalue weighted by molar-refractivity contribution is 5.80. The lowest BCUT2D eigenvalue weighted by Gasteiger charge is -2.40. The highest BCUT2D eigenvalue weighted by Gasteiger charge is 2.35. The fraction of sp³-hybridized carbons (Fsp3) is 0.429. The van der Waals surface area contributed by atoms with E-state index in [2.05, 4.69) is 51.1 Å². The molecular formula is C28H34FN7O2. The van der Waals surface area contributed by atoms with E-state index in [-0.39, 0.29) is 16.9 Å². The Labute approximate surface area is 221 Å². The molecule has 0 bridgehead atoms. The van der Waals surface area contributed by atoms with Crippen molar-refractivity contribution >= 4 is 16.6 Å². The van der Waals surface area contributed by atoms with Gasteiger partial charge in [-0.2, -0.15) is 0 Å². The molecule has 1 saturated heterocycles. The summed E-state index contributed by atoms with van der Waals surface area (Å²) in [6, 6.07) is 13.7. The number of aromatic nitrogens is 5. The van der Waals surface area contributed by atoms with Crippen molar-refractivity contribution in [3.63, 3.8) is 0 Å². The molecule has 9 nitrogen and oxygen atoms in total. The summed E-state index contributed by atoms with van der Waals surface area (Å²) in [7, 11) is 0. The number of ether oxygens (including phenoxy) is 1. The summed E-state index contributed by atoms with van der Waals surface area (Å²) < 4.78 is 21.0. The van der Waals surface area contributed by atoms with Gasteiger partial charge in [-0.05, 0) is 86.1 Å². The van der Waals surface area contributed by atoms with Crippen LogP contribution in [0.25, 0.3) is 10.9 Å². The van der Waals surface area contributed by atoms with Crippen LogP contribution in [0, 0.1) is 5.82 Å². The molecule has 38 heavy (non-hydrogen) atoms. The minimum absolute atomic E-state index is 0.170. The molecular weight excluding hydrogens is 485 g/mol. The van der Waals surface area contributed by atoms with Gasteiger partial charge in [0.05, 0.1) is 12.1 Å². The molecule has 0 spiro atoms. The Kier molecular flexibility index (Phi) is 7.16. The molecule has 1 atom stereocenters. The van der Waals surface area contributed by atoms with Crippen molar-refractivity contribution in [3.05, 3.63) is 76.1 Å². The van der Waals surface area contributed by atoms with Gasteiger partial charge in [-0.15, -0.1) is 5.10 Å². The Bertz CT molecular complexity index is 1460. The molecule has 0 aliphatic carbocycles. The molecule has 0 saturated carbocycles. The predicted molar refractivity (Wildman–Crippen MR) is 145 cm³/mol. The number of hydrogen-bond donors (Lipinski definition) is 1. The molecule has 1 fully saturated rings. The summed E-state index contributed by atoms with van der Waals surface area (Å²) in [6.07, 6.45) is 0.821. The first kappa shape index (κ1) is 25.8. The summed E-state index contributed by atoms with van der Waals surface area (Å²) >= 11 is 0. The molecule has 2 aromatic carbocycles. The molecule has 4 aromatic rings. The lowest BCUT2D eigenvalue weighted by molar-refractivity contribution is 0.186. The molecule has 1 aliphatic rings. The fourth-order valence-electron chi connectivity index (χ4n) is 5.00. The molecule has 1 unspecified atom stereocenters. The van der Waals surface area contributed by atoms with Gasteiger partial charge in [0.25, 0.3) is 5.56 Å². The average Bonchev–Trinajstić information content (AvgIpc) is 3.41. The third-order valence-corrected chi connectivity index (χ3v) is 7.50. The molecule has 10 heteroatoms. The van der Waals surface area contributed by atoms with E-state index in [0.29, 0.717) is 31.1 Å². The third kappa shape index (κ3) is 5.00. The number of benzene rings is 2. The summed E-state index contributed by atoms with van der Waals surface area (Å²) in [5, 5.41) is 13.7. The van der Waals surface area contributed by atoms with Crippen molar-refractivity contribution < 1.29 is 9.13 Å². The van der Waals surface area contributed by atoms with E-state index in [1.54, 1.807) is 12.1 Å². The Morgan fingerprint density at radius 1 is 1.05 bits per heavy atom. The summed E-state index contributed by atoms with van der Waals surface area (Å²) in [5.41, 5.74) is 1.81. The zero-order valence-corrected chi connectivity index (χ0v) is 22.3. The fourth-order valence-corrected chi connectivity index (χ4v) is 5.00. The Balaban J connectivity index is 1.56. The lowest BCUT2D eigenvalue weighted by atomic mass is 9.98. The predicted octanol–water partition coefficient (Wildman–Crippen LogP) is 4.11. The number of fused-ring (bicyclic) bond motifs is 1. The molecule has 0 amide bonds. The number of H-pyrrole nitrogens is 1. The van der Waals surface area contributed by atoms with Gasteiger partial charge < -0.3 is 14.6 Å². The van der Waals surface area contributed by atoms with Gasteiger partial charge in [0, 0.05) is 48.3 Å². The van der Waals surface area contributed by atoms with Crippen LogP contribution in [0.15, 0.2) is 53.3 Å². The SMILES string of the molecule is CCOc1ccc2[nH]c(=O)c(C(c3nnnn3C(C)(C)CC)N3CCN(c4ccc(F)cc4)CC3)cc2c1. The van der Waals surface area contributed by atoms with Gasteiger partial charge in [0.15, 0.2) is 5.82 Å². The monoisotopic (exact) mass is 519 g/mol. The topological polar surface area (TPSA) is 92.2 Å². The maximum absolute atomic E-state index is 13.5. The normalized spacial score (nSPS) is 15.7. The number of tetrazole rings is 1. The molecule has 1 aliphatic heterocycles. The van der Waals surface area contributed by atoms with Crippen molar-refractivity contribution in [1.29, 1.82) is 0 Å². The Hall–Kier alpha value is -3.79. The minimum Gasteiger partial charge on any atom is -0.494 e.